The topological polar surface area (TPSA) is 67.2 Å². The summed E-state index contributed by atoms with van der Waals surface area (Å²) in [5.74, 6) is -0.539. The number of nitriles is 1. The highest BCUT2D eigenvalue weighted by atomic mass is 32.2. The second-order valence-electron chi connectivity index (χ2n) is 4.36. The Morgan fingerprint density at radius 2 is 2.00 bits per heavy atom. The van der Waals surface area contributed by atoms with Crippen LogP contribution >= 0.6 is 0 Å². The summed E-state index contributed by atoms with van der Waals surface area (Å²) in [6.45, 7) is 0. The molecule has 0 unspecified atom stereocenters. The molecule has 4 nitrogen and oxygen atoms in total. The Morgan fingerprint density at radius 1 is 1.24 bits per heavy atom. The van der Waals surface area contributed by atoms with Gasteiger partial charge in [0.1, 0.15) is 17.6 Å². The molecule has 0 aliphatic heterocycles. The van der Waals surface area contributed by atoms with Crippen LogP contribution in [0.1, 0.15) is 11.1 Å². The van der Waals surface area contributed by atoms with Gasteiger partial charge < -0.3 is 4.74 Å². The van der Waals surface area contributed by atoms with Crippen molar-refractivity contribution in [1.82, 2.24) is 0 Å². The summed E-state index contributed by atoms with van der Waals surface area (Å²) in [5, 5.41) is 9.00. The van der Waals surface area contributed by atoms with Crippen molar-refractivity contribution < 1.29 is 17.5 Å². The van der Waals surface area contributed by atoms with Crippen LogP contribution in [-0.2, 0) is 15.6 Å². The van der Waals surface area contributed by atoms with E-state index in [0.29, 0.717) is 11.3 Å². The molecule has 0 aliphatic rings. The molecular formula is C15H12FNO3S. The van der Waals surface area contributed by atoms with Crippen LogP contribution in [0.4, 0.5) is 4.39 Å². The minimum Gasteiger partial charge on any atom is -0.495 e. The quantitative estimate of drug-likeness (QED) is 0.871. The summed E-state index contributed by atoms with van der Waals surface area (Å²) in [6, 6.07) is 11.3. The first-order chi connectivity index (χ1) is 9.96. The number of benzene rings is 2. The average molecular weight is 305 g/mol. The van der Waals surface area contributed by atoms with Gasteiger partial charge in [-0.1, -0.05) is 12.1 Å². The number of halogens is 1. The van der Waals surface area contributed by atoms with E-state index in [1.807, 2.05) is 6.07 Å². The normalized spacial score (nSPS) is 10.9. The van der Waals surface area contributed by atoms with E-state index < -0.39 is 15.7 Å². The summed E-state index contributed by atoms with van der Waals surface area (Å²) >= 11 is 0. The standard InChI is InChI=1S/C15H12FNO3S/c1-20-15-6-5-11(7-12(15)9-17)10-21(18,19)14-4-2-3-13(16)8-14/h2-8H,10H2,1H3. The van der Waals surface area contributed by atoms with Crippen molar-refractivity contribution in [3.8, 4) is 11.8 Å². The maximum atomic E-state index is 13.1. The van der Waals surface area contributed by atoms with Crippen molar-refractivity contribution in [2.75, 3.05) is 7.11 Å². The van der Waals surface area contributed by atoms with Crippen LogP contribution in [0.2, 0.25) is 0 Å². The van der Waals surface area contributed by atoms with E-state index in [9.17, 15) is 12.8 Å². The molecule has 0 aliphatic carbocycles. The van der Waals surface area contributed by atoms with Gasteiger partial charge in [-0.3, -0.25) is 0 Å². The average Bonchev–Trinajstić information content (AvgIpc) is 2.46. The molecule has 108 valence electrons. The van der Waals surface area contributed by atoms with E-state index in [-0.39, 0.29) is 16.2 Å². The maximum absolute atomic E-state index is 13.1. The highest BCUT2D eigenvalue weighted by Crippen LogP contribution is 2.22. The Hall–Kier alpha value is -2.39. The Labute approximate surface area is 122 Å². The Kier molecular flexibility index (Phi) is 4.24. The van der Waals surface area contributed by atoms with Gasteiger partial charge in [0.15, 0.2) is 9.84 Å². The molecule has 0 atom stereocenters. The molecule has 0 saturated carbocycles. The molecule has 0 aromatic heterocycles. The number of sulfone groups is 1. The summed E-state index contributed by atoms with van der Waals surface area (Å²) in [4.78, 5) is -0.0863. The first-order valence-corrected chi connectivity index (χ1v) is 7.67. The maximum Gasteiger partial charge on any atom is 0.182 e. The lowest BCUT2D eigenvalue weighted by molar-refractivity contribution is 0.413. The molecule has 0 spiro atoms. The first-order valence-electron chi connectivity index (χ1n) is 6.01. The third-order valence-electron chi connectivity index (χ3n) is 2.90. The Bertz CT molecular complexity index is 810. The zero-order valence-electron chi connectivity index (χ0n) is 11.2. The van der Waals surface area contributed by atoms with Crippen LogP contribution in [-0.4, -0.2) is 15.5 Å². The molecule has 21 heavy (non-hydrogen) atoms. The molecule has 0 bridgehead atoms. The minimum absolute atomic E-state index is 0.0863. The second kappa shape index (κ2) is 5.94. The molecule has 0 amide bonds. The number of hydrogen-bond donors (Lipinski definition) is 0. The van der Waals surface area contributed by atoms with Gasteiger partial charge in [-0.2, -0.15) is 5.26 Å². The number of rotatable bonds is 4. The highest BCUT2D eigenvalue weighted by molar-refractivity contribution is 7.90. The summed E-state index contributed by atoms with van der Waals surface area (Å²) in [7, 11) is -2.24. The van der Waals surface area contributed by atoms with Gasteiger partial charge in [-0.05, 0) is 35.9 Å². The molecular weight excluding hydrogens is 293 g/mol. The van der Waals surface area contributed by atoms with E-state index in [1.54, 1.807) is 6.07 Å². The molecule has 6 heteroatoms. The van der Waals surface area contributed by atoms with Gasteiger partial charge in [-0.25, -0.2) is 12.8 Å². The van der Waals surface area contributed by atoms with E-state index in [2.05, 4.69) is 0 Å². The lowest BCUT2D eigenvalue weighted by Gasteiger charge is -2.07. The van der Waals surface area contributed by atoms with E-state index in [1.165, 1.54) is 37.4 Å². The number of methoxy groups -OCH3 is 1. The third kappa shape index (κ3) is 3.38. The highest BCUT2D eigenvalue weighted by Gasteiger charge is 2.17. The molecule has 0 fully saturated rings. The zero-order chi connectivity index (χ0) is 15.5. The van der Waals surface area contributed by atoms with Crippen LogP contribution in [0.3, 0.4) is 0 Å². The fourth-order valence-electron chi connectivity index (χ4n) is 1.90. The van der Waals surface area contributed by atoms with Gasteiger partial charge in [0.05, 0.1) is 23.3 Å². The molecule has 0 saturated heterocycles. The molecule has 2 aromatic rings. The predicted octanol–water partition coefficient (Wildman–Crippen LogP) is 2.68. The van der Waals surface area contributed by atoms with Gasteiger partial charge in [0, 0.05) is 0 Å². The van der Waals surface area contributed by atoms with Gasteiger partial charge >= 0.3 is 0 Å². The van der Waals surface area contributed by atoms with Gasteiger partial charge in [0.2, 0.25) is 0 Å². The first kappa shape index (κ1) is 15.0. The largest absolute Gasteiger partial charge is 0.495 e. The molecule has 2 aromatic carbocycles. The number of nitrogens with zero attached hydrogens (tertiary/aromatic N) is 1. The number of ether oxygens (including phenoxy) is 1. The zero-order valence-corrected chi connectivity index (χ0v) is 12.0. The second-order valence-corrected chi connectivity index (χ2v) is 6.35. The summed E-state index contributed by atoms with van der Waals surface area (Å²) < 4.78 is 42.6. The van der Waals surface area contributed by atoms with Crippen molar-refractivity contribution in [2.24, 2.45) is 0 Å². The fourth-order valence-corrected chi connectivity index (χ4v) is 3.26. The van der Waals surface area contributed by atoms with Gasteiger partial charge in [0.25, 0.3) is 0 Å². The smallest absolute Gasteiger partial charge is 0.182 e. The molecule has 0 heterocycles. The lowest BCUT2D eigenvalue weighted by Crippen LogP contribution is -2.05. The molecule has 0 radical (unpaired) electrons. The van der Waals surface area contributed by atoms with Crippen molar-refractivity contribution in [2.45, 2.75) is 10.6 Å². The van der Waals surface area contributed by atoms with Crippen molar-refractivity contribution >= 4 is 9.84 Å². The van der Waals surface area contributed by atoms with Crippen molar-refractivity contribution in [1.29, 1.82) is 5.26 Å². The predicted molar refractivity (Wildman–Crippen MR) is 75.0 cm³/mol. The van der Waals surface area contributed by atoms with Crippen molar-refractivity contribution in [3.05, 3.63) is 59.4 Å². The summed E-state index contributed by atoms with van der Waals surface area (Å²) in [5.41, 5.74) is 0.695. The third-order valence-corrected chi connectivity index (χ3v) is 4.58. The SMILES string of the molecule is COc1ccc(CS(=O)(=O)c2cccc(F)c2)cc1C#N. The van der Waals surface area contributed by atoms with E-state index in [0.717, 1.165) is 6.07 Å². The molecule has 2 rings (SSSR count). The monoisotopic (exact) mass is 305 g/mol. The van der Waals surface area contributed by atoms with Crippen LogP contribution < -0.4 is 4.74 Å². The van der Waals surface area contributed by atoms with Gasteiger partial charge in [-0.15, -0.1) is 0 Å². The fraction of sp³-hybridized carbons (Fsp3) is 0.133. The van der Waals surface area contributed by atoms with Crippen LogP contribution in [0.5, 0.6) is 5.75 Å². The Morgan fingerprint density at radius 3 is 2.62 bits per heavy atom. The minimum atomic E-state index is -3.67. The molecule has 0 N–H and O–H groups in total. The number of hydrogen-bond acceptors (Lipinski definition) is 4. The van der Waals surface area contributed by atoms with Crippen LogP contribution in [0.15, 0.2) is 47.4 Å². The van der Waals surface area contributed by atoms with E-state index >= 15 is 0 Å². The Balaban J connectivity index is 2.35. The van der Waals surface area contributed by atoms with Crippen molar-refractivity contribution in [3.63, 3.8) is 0 Å². The van der Waals surface area contributed by atoms with Crippen LogP contribution in [0, 0.1) is 17.1 Å². The summed E-state index contributed by atoms with van der Waals surface area (Å²) in [6.07, 6.45) is 0. The van der Waals surface area contributed by atoms with Crippen LogP contribution in [0.25, 0.3) is 0 Å². The van der Waals surface area contributed by atoms with E-state index in [4.69, 9.17) is 10.00 Å². The lowest BCUT2D eigenvalue weighted by atomic mass is 10.1.